The number of hydrazine groups is 1. The highest BCUT2D eigenvalue weighted by molar-refractivity contribution is 6.33. The van der Waals surface area contributed by atoms with Crippen LogP contribution in [0.5, 0.6) is 0 Å². The summed E-state index contributed by atoms with van der Waals surface area (Å²) in [6.45, 7) is 0.705. The number of halogens is 2. The van der Waals surface area contributed by atoms with E-state index in [0.717, 1.165) is 30.5 Å². The molecule has 0 spiro atoms. The molecule has 0 saturated carbocycles. The molecule has 1 fully saturated rings. The average molecular weight is 445 g/mol. The third-order valence-electron chi connectivity index (χ3n) is 5.24. The summed E-state index contributed by atoms with van der Waals surface area (Å²) in [5.41, 5.74) is 4.71. The number of imidazole rings is 1. The third kappa shape index (κ3) is 4.37. The number of hydrogen-bond donors (Lipinski definition) is 2. The van der Waals surface area contributed by atoms with Gasteiger partial charge in [0.25, 0.3) is 5.91 Å². The molecule has 1 atom stereocenters. The molecule has 2 aromatic carbocycles. The number of aliphatic hydroxyl groups is 1. The summed E-state index contributed by atoms with van der Waals surface area (Å²) in [7, 11) is 0. The normalized spacial score (nSPS) is 17.1. The number of aromatic nitrogens is 2. The number of rotatable bonds is 5. The zero-order chi connectivity index (χ0) is 21.1. The molecule has 1 amide bonds. The summed E-state index contributed by atoms with van der Waals surface area (Å²) < 4.78 is 1.83. The van der Waals surface area contributed by atoms with Crippen LogP contribution in [0.4, 0.5) is 0 Å². The second kappa shape index (κ2) is 9.18. The zero-order valence-electron chi connectivity index (χ0n) is 16.3. The topological polar surface area (TPSA) is 70.4 Å². The number of amides is 1. The molecule has 2 N–H and O–H groups in total. The number of hydrogen-bond acceptors (Lipinski definition) is 4. The van der Waals surface area contributed by atoms with Crippen LogP contribution in [-0.2, 0) is 0 Å². The number of benzene rings is 2. The predicted molar refractivity (Wildman–Crippen MR) is 118 cm³/mol. The van der Waals surface area contributed by atoms with Gasteiger partial charge in [-0.15, -0.1) is 0 Å². The maximum atomic E-state index is 13.0. The highest BCUT2D eigenvalue weighted by atomic mass is 35.5. The first-order valence-electron chi connectivity index (χ1n) is 9.85. The van der Waals surface area contributed by atoms with E-state index in [1.54, 1.807) is 24.4 Å². The lowest BCUT2D eigenvalue weighted by Crippen LogP contribution is -2.52. The van der Waals surface area contributed by atoms with Crippen molar-refractivity contribution >= 4 is 29.1 Å². The van der Waals surface area contributed by atoms with E-state index in [1.165, 1.54) is 0 Å². The largest absolute Gasteiger partial charge is 0.395 e. The fraction of sp³-hybridized carbons (Fsp3) is 0.273. The molecule has 4 rings (SSSR count). The van der Waals surface area contributed by atoms with Gasteiger partial charge in [0.1, 0.15) is 11.5 Å². The molecule has 30 heavy (non-hydrogen) atoms. The van der Waals surface area contributed by atoms with Gasteiger partial charge in [-0.05, 0) is 49.2 Å². The van der Waals surface area contributed by atoms with Crippen LogP contribution in [0.2, 0.25) is 10.0 Å². The summed E-state index contributed by atoms with van der Waals surface area (Å²) >= 11 is 12.5. The van der Waals surface area contributed by atoms with E-state index in [-0.39, 0.29) is 24.2 Å². The van der Waals surface area contributed by atoms with Gasteiger partial charge in [0.15, 0.2) is 0 Å². The SMILES string of the molecule is O=C(NN1CCCC[C@H]1CO)c1cn(-c2ccc(Cl)cc2)c(-c2ccccc2Cl)n1. The van der Waals surface area contributed by atoms with Gasteiger partial charge in [0.2, 0.25) is 0 Å². The van der Waals surface area contributed by atoms with Crippen molar-refractivity contribution in [1.29, 1.82) is 0 Å². The van der Waals surface area contributed by atoms with E-state index in [1.807, 2.05) is 39.9 Å². The lowest BCUT2D eigenvalue weighted by molar-refractivity contribution is 0.0378. The van der Waals surface area contributed by atoms with Crippen molar-refractivity contribution in [2.24, 2.45) is 0 Å². The average Bonchev–Trinajstić information content (AvgIpc) is 3.20. The summed E-state index contributed by atoms with van der Waals surface area (Å²) in [5, 5.41) is 12.6. The molecule has 3 aromatic rings. The Bertz CT molecular complexity index is 1040. The molecule has 2 heterocycles. The number of nitrogens with zero attached hydrogens (tertiary/aromatic N) is 3. The second-order valence-corrected chi connectivity index (χ2v) is 8.09. The van der Waals surface area contributed by atoms with Crippen LogP contribution >= 0.6 is 23.2 Å². The molecule has 0 unspecified atom stereocenters. The Morgan fingerprint density at radius 2 is 1.90 bits per heavy atom. The maximum absolute atomic E-state index is 13.0. The minimum absolute atomic E-state index is 0.00433. The van der Waals surface area contributed by atoms with E-state index in [4.69, 9.17) is 23.2 Å². The Morgan fingerprint density at radius 1 is 1.13 bits per heavy atom. The molecule has 1 aliphatic rings. The Kier molecular flexibility index (Phi) is 6.39. The van der Waals surface area contributed by atoms with E-state index in [2.05, 4.69) is 10.4 Å². The molecule has 1 saturated heterocycles. The zero-order valence-corrected chi connectivity index (χ0v) is 17.8. The first-order chi connectivity index (χ1) is 14.6. The standard InChI is InChI=1S/C22H22Cl2N4O2/c23-15-8-10-16(11-9-15)27-13-20(25-21(27)18-6-1-2-7-19(18)24)22(30)26-28-12-4-3-5-17(28)14-29/h1-2,6-11,13,17,29H,3-5,12,14H2,(H,26,30)/t17-/m0/s1. The minimum atomic E-state index is -0.323. The van der Waals surface area contributed by atoms with Crippen LogP contribution in [0.15, 0.2) is 54.7 Å². The minimum Gasteiger partial charge on any atom is -0.395 e. The molecule has 0 radical (unpaired) electrons. The third-order valence-corrected chi connectivity index (χ3v) is 5.82. The first-order valence-corrected chi connectivity index (χ1v) is 10.6. The Balaban J connectivity index is 1.71. The number of aliphatic hydroxyl groups excluding tert-OH is 1. The molecule has 0 bridgehead atoms. The lowest BCUT2D eigenvalue weighted by Gasteiger charge is -2.34. The molecule has 6 nitrogen and oxygen atoms in total. The number of nitrogens with one attached hydrogen (secondary N) is 1. The highest BCUT2D eigenvalue weighted by Crippen LogP contribution is 2.29. The monoisotopic (exact) mass is 444 g/mol. The predicted octanol–water partition coefficient (Wildman–Crippen LogP) is 4.34. The van der Waals surface area contributed by atoms with Crippen LogP contribution < -0.4 is 5.43 Å². The summed E-state index contributed by atoms with van der Waals surface area (Å²) in [5.74, 6) is 0.238. The smallest absolute Gasteiger partial charge is 0.285 e. The van der Waals surface area contributed by atoms with Crippen molar-refractivity contribution in [1.82, 2.24) is 20.0 Å². The molecular formula is C22H22Cl2N4O2. The first kappa shape index (κ1) is 20.9. The van der Waals surface area contributed by atoms with Crippen LogP contribution in [0.25, 0.3) is 17.1 Å². The number of carbonyl (C=O) groups excluding carboxylic acids is 1. The molecule has 156 valence electrons. The van der Waals surface area contributed by atoms with Crippen molar-refractivity contribution in [3.63, 3.8) is 0 Å². The van der Waals surface area contributed by atoms with Crippen LogP contribution in [-0.4, -0.2) is 44.8 Å². The lowest BCUT2D eigenvalue weighted by atomic mass is 10.1. The van der Waals surface area contributed by atoms with Crippen LogP contribution in [0, 0.1) is 0 Å². The van der Waals surface area contributed by atoms with Crippen molar-refractivity contribution in [2.75, 3.05) is 13.2 Å². The van der Waals surface area contributed by atoms with Crippen LogP contribution in [0.3, 0.4) is 0 Å². The number of piperidine rings is 1. The van der Waals surface area contributed by atoms with E-state index >= 15 is 0 Å². The maximum Gasteiger partial charge on any atom is 0.285 e. The van der Waals surface area contributed by atoms with Gasteiger partial charge >= 0.3 is 0 Å². The summed E-state index contributed by atoms with van der Waals surface area (Å²) in [6, 6.07) is 14.6. The van der Waals surface area contributed by atoms with Gasteiger partial charge in [-0.25, -0.2) is 9.99 Å². The fourth-order valence-corrected chi connectivity index (χ4v) is 3.99. The van der Waals surface area contributed by atoms with E-state index in [9.17, 15) is 9.90 Å². The fourth-order valence-electron chi connectivity index (χ4n) is 3.65. The quantitative estimate of drug-likeness (QED) is 0.613. The Labute approximate surface area is 185 Å². The van der Waals surface area contributed by atoms with Gasteiger partial charge in [0, 0.05) is 29.0 Å². The molecule has 8 heteroatoms. The van der Waals surface area contributed by atoms with Gasteiger partial charge in [-0.2, -0.15) is 0 Å². The Hall–Kier alpha value is -2.38. The van der Waals surface area contributed by atoms with Crippen molar-refractivity contribution < 1.29 is 9.90 Å². The molecule has 1 aliphatic heterocycles. The molecular weight excluding hydrogens is 423 g/mol. The Morgan fingerprint density at radius 3 is 2.63 bits per heavy atom. The van der Waals surface area contributed by atoms with Gasteiger partial charge < -0.3 is 5.11 Å². The van der Waals surface area contributed by atoms with Gasteiger partial charge in [-0.1, -0.05) is 41.8 Å². The number of carbonyl (C=O) groups is 1. The van der Waals surface area contributed by atoms with E-state index < -0.39 is 0 Å². The summed E-state index contributed by atoms with van der Waals surface area (Å²) in [4.78, 5) is 17.6. The molecule has 0 aliphatic carbocycles. The van der Waals surface area contributed by atoms with Crippen molar-refractivity contribution in [3.05, 3.63) is 70.5 Å². The van der Waals surface area contributed by atoms with E-state index in [0.29, 0.717) is 22.4 Å². The van der Waals surface area contributed by atoms with Gasteiger partial charge in [0.05, 0.1) is 17.7 Å². The van der Waals surface area contributed by atoms with Crippen molar-refractivity contribution in [2.45, 2.75) is 25.3 Å². The van der Waals surface area contributed by atoms with Crippen molar-refractivity contribution in [3.8, 4) is 17.1 Å². The second-order valence-electron chi connectivity index (χ2n) is 7.24. The molecule has 1 aromatic heterocycles. The van der Waals surface area contributed by atoms with Gasteiger partial charge in [-0.3, -0.25) is 14.8 Å². The highest BCUT2D eigenvalue weighted by Gasteiger charge is 2.25. The van der Waals surface area contributed by atoms with Crippen LogP contribution in [0.1, 0.15) is 29.8 Å². The summed E-state index contributed by atoms with van der Waals surface area (Å²) in [6.07, 6.45) is 4.55.